The van der Waals surface area contributed by atoms with Crippen LogP contribution in [-0.4, -0.2) is 42.9 Å². The van der Waals surface area contributed by atoms with Gasteiger partial charge in [-0.2, -0.15) is 0 Å². The number of likely N-dealkylation sites (N-methyl/N-ethyl adjacent to an activating group) is 1. The Morgan fingerprint density at radius 3 is 2.21 bits per heavy atom. The van der Waals surface area contributed by atoms with E-state index in [9.17, 15) is 9.59 Å². The van der Waals surface area contributed by atoms with Gasteiger partial charge in [0.15, 0.2) is 0 Å². The fourth-order valence-electron chi connectivity index (χ4n) is 3.21. The van der Waals surface area contributed by atoms with Crippen molar-refractivity contribution in [3.8, 4) is 0 Å². The number of carbonyl (C=O) groups is 2. The van der Waals surface area contributed by atoms with Crippen LogP contribution in [-0.2, 0) is 10.2 Å². The first kappa shape index (κ1) is 22.7. The van der Waals surface area contributed by atoms with Gasteiger partial charge in [0.25, 0.3) is 5.91 Å². The van der Waals surface area contributed by atoms with E-state index >= 15 is 0 Å². The molecular weight excluding hydrogens is 366 g/mol. The van der Waals surface area contributed by atoms with Crippen LogP contribution in [0.1, 0.15) is 62.3 Å². The number of hydrogen-bond acceptors (Lipinski definition) is 4. The molecule has 6 nitrogen and oxygen atoms in total. The molecule has 158 valence electrons. The molecule has 0 spiro atoms. The first-order chi connectivity index (χ1) is 13.8. The van der Waals surface area contributed by atoms with E-state index in [1.54, 1.807) is 18.4 Å². The maximum Gasteiger partial charge on any atom is 0.251 e. The van der Waals surface area contributed by atoms with Gasteiger partial charge in [0, 0.05) is 12.1 Å². The van der Waals surface area contributed by atoms with E-state index in [4.69, 9.17) is 4.42 Å². The lowest BCUT2D eigenvalue weighted by Gasteiger charge is -2.28. The Bertz CT molecular complexity index is 773. The third-order valence-electron chi connectivity index (χ3n) is 5.04. The second-order valence-corrected chi connectivity index (χ2v) is 8.07. The van der Waals surface area contributed by atoms with E-state index in [1.807, 2.05) is 24.3 Å². The lowest BCUT2D eigenvalue weighted by atomic mass is 9.87. The molecule has 29 heavy (non-hydrogen) atoms. The van der Waals surface area contributed by atoms with Crippen LogP contribution in [0.15, 0.2) is 47.1 Å². The molecule has 0 aliphatic heterocycles. The van der Waals surface area contributed by atoms with Crippen LogP contribution in [0.4, 0.5) is 0 Å². The molecule has 2 aromatic rings. The molecule has 1 aromatic heterocycles. The number of hydrogen-bond donors (Lipinski definition) is 2. The number of nitrogens with zero attached hydrogens (tertiary/aromatic N) is 1. The van der Waals surface area contributed by atoms with Gasteiger partial charge in [-0.3, -0.25) is 14.5 Å². The van der Waals surface area contributed by atoms with E-state index in [1.165, 1.54) is 0 Å². The van der Waals surface area contributed by atoms with E-state index in [-0.39, 0.29) is 29.8 Å². The quantitative estimate of drug-likeness (QED) is 0.677. The maximum absolute atomic E-state index is 12.3. The molecule has 0 aliphatic carbocycles. The highest BCUT2D eigenvalue weighted by Crippen LogP contribution is 2.22. The minimum absolute atomic E-state index is 0.0320. The van der Waals surface area contributed by atoms with Crippen molar-refractivity contribution in [2.75, 3.05) is 26.2 Å². The summed E-state index contributed by atoms with van der Waals surface area (Å²) in [4.78, 5) is 26.8. The zero-order valence-electron chi connectivity index (χ0n) is 18.1. The molecule has 0 fully saturated rings. The summed E-state index contributed by atoms with van der Waals surface area (Å²) >= 11 is 0. The molecule has 0 aliphatic rings. The monoisotopic (exact) mass is 399 g/mol. The first-order valence-electron chi connectivity index (χ1n) is 10.2. The van der Waals surface area contributed by atoms with Gasteiger partial charge in [-0.1, -0.05) is 46.8 Å². The summed E-state index contributed by atoms with van der Waals surface area (Å²) in [5.74, 6) is 0.331. The maximum atomic E-state index is 12.3. The summed E-state index contributed by atoms with van der Waals surface area (Å²) in [5, 5.41) is 5.59. The average molecular weight is 400 g/mol. The van der Waals surface area contributed by atoms with Gasteiger partial charge in [0.1, 0.15) is 5.76 Å². The van der Waals surface area contributed by atoms with Crippen LogP contribution in [0.2, 0.25) is 0 Å². The molecule has 1 unspecified atom stereocenters. The van der Waals surface area contributed by atoms with E-state index in [0.29, 0.717) is 12.1 Å². The summed E-state index contributed by atoms with van der Waals surface area (Å²) in [6, 6.07) is 11.2. The number of nitrogens with one attached hydrogen (secondary N) is 2. The van der Waals surface area contributed by atoms with Gasteiger partial charge in [-0.15, -0.1) is 0 Å². The van der Waals surface area contributed by atoms with Gasteiger partial charge >= 0.3 is 0 Å². The highest BCUT2D eigenvalue weighted by Gasteiger charge is 2.21. The molecule has 6 heteroatoms. The van der Waals surface area contributed by atoms with E-state index in [0.717, 1.165) is 24.4 Å². The second kappa shape index (κ2) is 10.3. The molecule has 0 radical (unpaired) electrons. The highest BCUT2D eigenvalue weighted by molar-refractivity contribution is 5.96. The van der Waals surface area contributed by atoms with Crippen molar-refractivity contribution in [1.29, 1.82) is 0 Å². The van der Waals surface area contributed by atoms with Gasteiger partial charge in [-0.05, 0) is 48.3 Å². The van der Waals surface area contributed by atoms with Crippen molar-refractivity contribution in [1.82, 2.24) is 15.5 Å². The zero-order chi connectivity index (χ0) is 21.4. The third-order valence-corrected chi connectivity index (χ3v) is 5.04. The zero-order valence-corrected chi connectivity index (χ0v) is 18.1. The molecule has 1 heterocycles. The predicted molar refractivity (Wildman–Crippen MR) is 115 cm³/mol. The molecule has 2 N–H and O–H groups in total. The Labute approximate surface area is 173 Å². The molecule has 1 atom stereocenters. The molecule has 0 saturated carbocycles. The standard InChI is InChI=1S/C23H33N3O3/c1-6-26(7-2)19(20-9-8-14-29-20)15-24-21(27)16-25-22(28)17-10-12-18(13-11-17)23(3,4)5/h8-14,19H,6-7,15-16H2,1-5H3,(H,24,27)(H,25,28). The summed E-state index contributed by atoms with van der Waals surface area (Å²) in [6.07, 6.45) is 1.64. The fraction of sp³-hybridized carbons (Fsp3) is 0.478. The highest BCUT2D eigenvalue weighted by atomic mass is 16.3. The van der Waals surface area contributed by atoms with Crippen molar-refractivity contribution >= 4 is 11.8 Å². The van der Waals surface area contributed by atoms with Crippen molar-refractivity contribution in [3.63, 3.8) is 0 Å². The number of rotatable bonds is 9. The first-order valence-corrected chi connectivity index (χ1v) is 10.2. The van der Waals surface area contributed by atoms with Crippen LogP contribution in [0.5, 0.6) is 0 Å². The second-order valence-electron chi connectivity index (χ2n) is 8.07. The van der Waals surface area contributed by atoms with Crippen LogP contribution in [0.3, 0.4) is 0 Å². The van der Waals surface area contributed by atoms with E-state index < -0.39 is 0 Å². The van der Waals surface area contributed by atoms with Crippen molar-refractivity contribution in [2.24, 2.45) is 0 Å². The number of carbonyl (C=O) groups excluding carboxylic acids is 2. The van der Waals surface area contributed by atoms with Gasteiger partial charge in [0.2, 0.25) is 5.91 Å². The lowest BCUT2D eigenvalue weighted by molar-refractivity contribution is -0.120. The largest absolute Gasteiger partial charge is 0.468 e. The minimum atomic E-state index is -0.257. The molecule has 2 rings (SSSR count). The Morgan fingerprint density at radius 2 is 1.69 bits per heavy atom. The Hall–Kier alpha value is -2.60. The van der Waals surface area contributed by atoms with E-state index in [2.05, 4.69) is 50.2 Å². The van der Waals surface area contributed by atoms with Crippen LogP contribution in [0, 0.1) is 0 Å². The molecule has 0 bridgehead atoms. The summed E-state index contributed by atoms with van der Waals surface area (Å²) in [5.41, 5.74) is 1.74. The Kier molecular flexibility index (Phi) is 8.02. The minimum Gasteiger partial charge on any atom is -0.468 e. The van der Waals surface area contributed by atoms with Gasteiger partial charge in [0.05, 0.1) is 18.8 Å². The smallest absolute Gasteiger partial charge is 0.251 e. The third kappa shape index (κ3) is 6.46. The topological polar surface area (TPSA) is 74.6 Å². The van der Waals surface area contributed by atoms with Crippen molar-refractivity contribution < 1.29 is 14.0 Å². The summed E-state index contributed by atoms with van der Waals surface area (Å²) in [6.45, 7) is 12.6. The molecule has 0 saturated heterocycles. The fourth-order valence-corrected chi connectivity index (χ4v) is 3.21. The van der Waals surface area contributed by atoms with Gasteiger partial charge < -0.3 is 15.1 Å². The predicted octanol–water partition coefficient (Wildman–Crippen LogP) is 3.51. The van der Waals surface area contributed by atoms with Gasteiger partial charge in [-0.25, -0.2) is 0 Å². The van der Waals surface area contributed by atoms with Crippen molar-refractivity contribution in [3.05, 3.63) is 59.5 Å². The summed E-state index contributed by atoms with van der Waals surface area (Å²) in [7, 11) is 0. The SMILES string of the molecule is CCN(CC)C(CNC(=O)CNC(=O)c1ccc(C(C)(C)C)cc1)c1ccco1. The molecular formula is C23H33N3O3. The normalized spacial score (nSPS) is 12.6. The average Bonchev–Trinajstić information content (AvgIpc) is 3.23. The van der Waals surface area contributed by atoms with Crippen LogP contribution < -0.4 is 10.6 Å². The van der Waals surface area contributed by atoms with Crippen LogP contribution >= 0.6 is 0 Å². The Balaban J connectivity index is 1.87. The number of amides is 2. The number of benzene rings is 1. The number of furan rings is 1. The molecule has 1 aromatic carbocycles. The van der Waals surface area contributed by atoms with Crippen LogP contribution in [0.25, 0.3) is 0 Å². The van der Waals surface area contributed by atoms with Crippen molar-refractivity contribution in [2.45, 2.75) is 46.1 Å². The molecule has 2 amide bonds. The summed E-state index contributed by atoms with van der Waals surface area (Å²) < 4.78 is 5.54. The Morgan fingerprint density at radius 1 is 1.03 bits per heavy atom. The lowest BCUT2D eigenvalue weighted by Crippen LogP contribution is -2.42.